The number of carbonyl (C=O) groups is 1. The van der Waals surface area contributed by atoms with Crippen molar-refractivity contribution in [3.63, 3.8) is 0 Å². The van der Waals surface area contributed by atoms with Crippen molar-refractivity contribution in [2.45, 2.75) is 10.6 Å². The molecule has 2 N–H and O–H groups in total. The lowest BCUT2D eigenvalue weighted by Crippen LogP contribution is -2.25. The van der Waals surface area contributed by atoms with Crippen LogP contribution in [-0.2, 0) is 30.4 Å². The van der Waals surface area contributed by atoms with Crippen molar-refractivity contribution in [1.82, 2.24) is 4.72 Å². The molecule has 0 aliphatic carbocycles. The van der Waals surface area contributed by atoms with Gasteiger partial charge in [0.2, 0.25) is 10.0 Å². The highest BCUT2D eigenvalue weighted by Gasteiger charge is 2.15. The summed E-state index contributed by atoms with van der Waals surface area (Å²) in [4.78, 5) is 12.5. The van der Waals surface area contributed by atoms with E-state index in [0.717, 1.165) is 0 Å². The van der Waals surface area contributed by atoms with Crippen molar-refractivity contribution in [2.75, 3.05) is 31.3 Å². The molecule has 0 radical (unpaired) electrons. The predicted molar refractivity (Wildman–Crippen MR) is 116 cm³/mol. The Balaban J connectivity index is 2.01. The van der Waals surface area contributed by atoms with E-state index < -0.39 is 25.8 Å². The quantitative estimate of drug-likeness (QED) is 0.503. The topological polar surface area (TPSA) is 119 Å². The molecule has 0 bridgehead atoms. The number of hydrogen-bond donors (Lipinski definition) is 2. The van der Waals surface area contributed by atoms with Gasteiger partial charge in [-0.05, 0) is 42.0 Å². The Bertz CT molecular complexity index is 1080. The van der Waals surface area contributed by atoms with Crippen LogP contribution in [0.4, 0.5) is 5.69 Å². The summed E-state index contributed by atoms with van der Waals surface area (Å²) in [5.74, 6) is -0.738. The molecule has 0 spiro atoms. The van der Waals surface area contributed by atoms with E-state index in [1.807, 2.05) is 0 Å². The molecular weight excluding hydrogens is 428 g/mol. The first kappa shape index (κ1) is 23.7. The molecule has 2 rings (SSSR count). The number of benzene rings is 2. The van der Waals surface area contributed by atoms with E-state index in [1.165, 1.54) is 37.5 Å². The van der Waals surface area contributed by atoms with Crippen LogP contribution in [0, 0.1) is 0 Å². The molecular formula is C20H24N2O6S2. The number of hydrogen-bond acceptors (Lipinski definition) is 6. The van der Waals surface area contributed by atoms with E-state index in [4.69, 9.17) is 4.74 Å². The number of ether oxygens (including phenoxy) is 1. The van der Waals surface area contributed by atoms with Gasteiger partial charge in [-0.15, -0.1) is 6.58 Å². The molecule has 162 valence electrons. The Morgan fingerprint density at radius 2 is 1.67 bits per heavy atom. The lowest BCUT2D eigenvalue weighted by molar-refractivity contribution is 0.102. The van der Waals surface area contributed by atoms with E-state index in [1.54, 1.807) is 24.3 Å². The number of carbonyl (C=O) groups excluding carboxylic acids is 1. The normalized spacial score (nSPS) is 11.8. The van der Waals surface area contributed by atoms with Crippen LogP contribution < -0.4 is 10.0 Å². The van der Waals surface area contributed by atoms with Crippen molar-refractivity contribution in [3.8, 4) is 0 Å². The van der Waals surface area contributed by atoms with Gasteiger partial charge >= 0.3 is 0 Å². The highest BCUT2D eigenvalue weighted by molar-refractivity contribution is 7.91. The second kappa shape index (κ2) is 10.5. The van der Waals surface area contributed by atoms with Gasteiger partial charge < -0.3 is 10.1 Å². The monoisotopic (exact) mass is 452 g/mol. The zero-order valence-electron chi connectivity index (χ0n) is 16.5. The predicted octanol–water partition coefficient (Wildman–Crippen LogP) is 1.96. The fourth-order valence-electron chi connectivity index (χ4n) is 2.47. The average molecular weight is 453 g/mol. The first-order chi connectivity index (χ1) is 14.2. The Hall–Kier alpha value is -2.53. The molecule has 0 aromatic heterocycles. The molecule has 2 aromatic rings. The summed E-state index contributed by atoms with van der Waals surface area (Å²) in [7, 11) is -5.50. The van der Waals surface area contributed by atoms with Gasteiger partial charge in [-0.25, -0.2) is 21.6 Å². The molecule has 8 nitrogen and oxygen atoms in total. The van der Waals surface area contributed by atoms with Gasteiger partial charge in [-0.3, -0.25) is 4.79 Å². The fraction of sp³-hybridized carbons (Fsp3) is 0.250. The fourth-order valence-corrected chi connectivity index (χ4v) is 4.75. The molecule has 30 heavy (non-hydrogen) atoms. The van der Waals surface area contributed by atoms with Gasteiger partial charge in [0.15, 0.2) is 9.84 Å². The maximum absolute atomic E-state index is 12.4. The minimum absolute atomic E-state index is 0.0895. The second-order valence-corrected chi connectivity index (χ2v) is 10.3. The lowest BCUT2D eigenvalue weighted by Gasteiger charge is -2.09. The first-order valence-electron chi connectivity index (χ1n) is 8.97. The van der Waals surface area contributed by atoms with Crippen LogP contribution in [0.2, 0.25) is 0 Å². The Morgan fingerprint density at radius 3 is 2.23 bits per heavy atom. The number of amides is 1. The molecule has 0 aliphatic heterocycles. The van der Waals surface area contributed by atoms with Crippen LogP contribution in [0.1, 0.15) is 15.9 Å². The third kappa shape index (κ3) is 7.06. The van der Waals surface area contributed by atoms with Crippen LogP contribution in [0.5, 0.6) is 0 Å². The van der Waals surface area contributed by atoms with E-state index >= 15 is 0 Å². The number of nitrogens with one attached hydrogen (secondary N) is 2. The number of anilines is 1. The largest absolute Gasteiger partial charge is 0.384 e. The summed E-state index contributed by atoms with van der Waals surface area (Å²) >= 11 is 0. The summed E-state index contributed by atoms with van der Waals surface area (Å²) in [6.07, 6.45) is 1.46. The van der Waals surface area contributed by atoms with Crippen molar-refractivity contribution in [2.24, 2.45) is 0 Å². The number of sulfonamides is 1. The van der Waals surface area contributed by atoms with Gasteiger partial charge in [-0.2, -0.15) is 0 Å². The summed E-state index contributed by atoms with van der Waals surface area (Å²) in [6.45, 7) is 3.71. The standard InChI is InChI=1S/C20H24N2O6S2/c1-3-12-21-30(26,27)15-16-4-8-18(9-5-16)22-20(23)17-6-10-19(11-7-17)29(24,25)14-13-28-2/h3-11,21H,1,12-15H2,2H3,(H,22,23). The van der Waals surface area contributed by atoms with Crippen LogP contribution in [0.3, 0.4) is 0 Å². The lowest BCUT2D eigenvalue weighted by atomic mass is 10.2. The van der Waals surface area contributed by atoms with E-state index in [0.29, 0.717) is 16.8 Å². The van der Waals surface area contributed by atoms with E-state index in [9.17, 15) is 21.6 Å². The Morgan fingerprint density at radius 1 is 1.03 bits per heavy atom. The highest BCUT2D eigenvalue weighted by Crippen LogP contribution is 2.16. The summed E-state index contributed by atoms with van der Waals surface area (Å²) in [5, 5.41) is 2.69. The Labute approximate surface area is 176 Å². The number of methoxy groups -OCH3 is 1. The van der Waals surface area contributed by atoms with Crippen molar-refractivity contribution < 1.29 is 26.4 Å². The van der Waals surface area contributed by atoms with Crippen LogP contribution in [-0.4, -0.2) is 48.8 Å². The third-order valence-corrected chi connectivity index (χ3v) is 7.06. The smallest absolute Gasteiger partial charge is 0.255 e. The zero-order chi connectivity index (χ0) is 22.2. The highest BCUT2D eigenvalue weighted by atomic mass is 32.2. The van der Waals surface area contributed by atoms with Crippen LogP contribution in [0.15, 0.2) is 66.1 Å². The zero-order valence-corrected chi connectivity index (χ0v) is 18.1. The van der Waals surface area contributed by atoms with E-state index in [-0.39, 0.29) is 29.6 Å². The summed E-state index contributed by atoms with van der Waals surface area (Å²) in [6, 6.07) is 12.0. The molecule has 10 heteroatoms. The number of rotatable bonds is 11. The van der Waals surface area contributed by atoms with Crippen molar-refractivity contribution in [1.29, 1.82) is 0 Å². The minimum atomic E-state index is -3.47. The third-order valence-electron chi connectivity index (χ3n) is 4.05. The Kier molecular flexibility index (Phi) is 8.30. The van der Waals surface area contributed by atoms with Gasteiger partial charge in [-0.1, -0.05) is 18.2 Å². The van der Waals surface area contributed by atoms with Gasteiger partial charge in [0, 0.05) is 24.9 Å². The second-order valence-electron chi connectivity index (χ2n) is 6.38. The molecule has 0 saturated carbocycles. The van der Waals surface area contributed by atoms with Crippen LogP contribution >= 0.6 is 0 Å². The molecule has 2 aromatic carbocycles. The van der Waals surface area contributed by atoms with Crippen LogP contribution in [0.25, 0.3) is 0 Å². The molecule has 0 fully saturated rings. The van der Waals surface area contributed by atoms with E-state index in [2.05, 4.69) is 16.6 Å². The summed E-state index contributed by atoms with van der Waals surface area (Å²) < 4.78 is 55.2. The minimum Gasteiger partial charge on any atom is -0.384 e. The van der Waals surface area contributed by atoms with Gasteiger partial charge in [0.05, 0.1) is 23.0 Å². The average Bonchev–Trinajstić information content (AvgIpc) is 2.72. The maximum atomic E-state index is 12.4. The first-order valence-corrected chi connectivity index (χ1v) is 12.3. The van der Waals surface area contributed by atoms with Crippen molar-refractivity contribution in [3.05, 3.63) is 72.3 Å². The molecule has 0 saturated heterocycles. The summed E-state index contributed by atoms with van der Waals surface area (Å²) in [5.41, 5.74) is 1.34. The van der Waals surface area contributed by atoms with Gasteiger partial charge in [0.25, 0.3) is 5.91 Å². The molecule has 0 unspecified atom stereocenters. The molecule has 0 atom stereocenters. The SMILES string of the molecule is C=CCNS(=O)(=O)Cc1ccc(NC(=O)c2ccc(S(=O)(=O)CCOC)cc2)cc1. The molecule has 1 amide bonds. The maximum Gasteiger partial charge on any atom is 0.255 e. The molecule has 0 heterocycles. The van der Waals surface area contributed by atoms with Crippen molar-refractivity contribution >= 4 is 31.5 Å². The number of sulfone groups is 1. The van der Waals surface area contributed by atoms with Gasteiger partial charge in [0.1, 0.15) is 0 Å². The molecule has 0 aliphatic rings.